The predicted octanol–water partition coefficient (Wildman–Crippen LogP) is 3.74. The second-order valence-electron chi connectivity index (χ2n) is 5.34. The topological polar surface area (TPSA) is 15.3 Å². The third-order valence-corrected chi connectivity index (χ3v) is 3.58. The van der Waals surface area contributed by atoms with E-state index in [1.165, 1.54) is 31.4 Å². The molecule has 0 aliphatic carbocycles. The molecule has 0 aromatic heterocycles. The summed E-state index contributed by atoms with van der Waals surface area (Å²) in [6.45, 7) is 4.17. The lowest BCUT2D eigenvalue weighted by Crippen LogP contribution is -2.26. The van der Waals surface area contributed by atoms with E-state index < -0.39 is 11.6 Å². The summed E-state index contributed by atoms with van der Waals surface area (Å²) in [5.74, 6) is -1.03. The fourth-order valence-electron chi connectivity index (χ4n) is 2.35. The van der Waals surface area contributed by atoms with Gasteiger partial charge in [-0.05, 0) is 57.7 Å². The van der Waals surface area contributed by atoms with Crippen molar-refractivity contribution in [1.29, 1.82) is 0 Å². The first-order valence-corrected chi connectivity index (χ1v) is 7.38. The van der Waals surface area contributed by atoms with E-state index in [-0.39, 0.29) is 6.04 Å². The number of benzene rings is 1. The monoisotopic (exact) mass is 284 g/mol. The van der Waals surface area contributed by atoms with Gasteiger partial charge in [0.25, 0.3) is 0 Å². The maximum absolute atomic E-state index is 13.3. The number of hydrogen-bond acceptors (Lipinski definition) is 2. The third-order valence-electron chi connectivity index (χ3n) is 3.58. The van der Waals surface area contributed by atoms with Crippen molar-refractivity contribution >= 4 is 0 Å². The molecule has 1 atom stereocenters. The number of hydrogen-bond donors (Lipinski definition) is 1. The Bertz CT molecular complexity index is 376. The second-order valence-corrected chi connectivity index (χ2v) is 5.34. The Morgan fingerprint density at radius 2 is 1.75 bits per heavy atom. The van der Waals surface area contributed by atoms with Crippen LogP contribution in [-0.2, 0) is 0 Å². The lowest BCUT2D eigenvalue weighted by molar-refractivity contribution is 0.304. The molecule has 1 aromatic rings. The van der Waals surface area contributed by atoms with Gasteiger partial charge in [0, 0.05) is 12.1 Å². The van der Waals surface area contributed by atoms with Gasteiger partial charge in [-0.3, -0.25) is 0 Å². The molecule has 0 spiro atoms. The van der Waals surface area contributed by atoms with Gasteiger partial charge in [0.1, 0.15) is 11.6 Å². The van der Waals surface area contributed by atoms with Crippen molar-refractivity contribution in [3.05, 3.63) is 35.4 Å². The van der Waals surface area contributed by atoms with E-state index in [1.54, 1.807) is 0 Å². The fraction of sp³-hybridized carbons (Fsp3) is 0.625. The highest BCUT2D eigenvalue weighted by Gasteiger charge is 2.12. The number of nitrogens with zero attached hydrogens (tertiary/aromatic N) is 1. The van der Waals surface area contributed by atoms with E-state index in [2.05, 4.69) is 24.2 Å². The molecule has 0 radical (unpaired) electrons. The SMILES string of the molecule is CCCCCN(C)CCC(NC)c1cc(F)cc(F)c1. The zero-order chi connectivity index (χ0) is 15.0. The molecule has 0 fully saturated rings. The molecule has 0 saturated heterocycles. The highest BCUT2D eigenvalue weighted by molar-refractivity contribution is 5.21. The lowest BCUT2D eigenvalue weighted by atomic mass is 10.0. The first-order valence-electron chi connectivity index (χ1n) is 7.38. The van der Waals surface area contributed by atoms with E-state index in [0.29, 0.717) is 5.56 Å². The average molecular weight is 284 g/mol. The zero-order valence-electron chi connectivity index (χ0n) is 12.8. The van der Waals surface area contributed by atoms with Crippen molar-refractivity contribution in [2.45, 2.75) is 38.6 Å². The molecule has 20 heavy (non-hydrogen) atoms. The van der Waals surface area contributed by atoms with E-state index in [4.69, 9.17) is 0 Å². The van der Waals surface area contributed by atoms with Crippen LogP contribution in [0.15, 0.2) is 18.2 Å². The Kier molecular flexibility index (Phi) is 7.70. The zero-order valence-corrected chi connectivity index (χ0v) is 12.8. The van der Waals surface area contributed by atoms with Gasteiger partial charge in [-0.1, -0.05) is 19.8 Å². The summed E-state index contributed by atoms with van der Waals surface area (Å²) in [4.78, 5) is 2.27. The van der Waals surface area contributed by atoms with E-state index in [9.17, 15) is 8.78 Å². The maximum Gasteiger partial charge on any atom is 0.126 e. The molecule has 0 heterocycles. The fourth-order valence-corrected chi connectivity index (χ4v) is 2.35. The summed E-state index contributed by atoms with van der Waals surface area (Å²) >= 11 is 0. The van der Waals surface area contributed by atoms with Gasteiger partial charge in [0.15, 0.2) is 0 Å². The van der Waals surface area contributed by atoms with Crippen LogP contribution >= 0.6 is 0 Å². The number of nitrogens with one attached hydrogen (secondary N) is 1. The molecule has 0 saturated carbocycles. The van der Waals surface area contributed by atoms with Crippen molar-refractivity contribution in [2.75, 3.05) is 27.2 Å². The van der Waals surface area contributed by atoms with Crippen LogP contribution in [0.3, 0.4) is 0 Å². The standard InChI is InChI=1S/C16H26F2N2/c1-4-5-6-8-20(3)9-7-16(19-2)13-10-14(17)12-15(18)11-13/h10-12,16,19H,4-9H2,1-3H3. The molecule has 2 nitrogen and oxygen atoms in total. The molecule has 1 rings (SSSR count). The normalized spacial score (nSPS) is 12.9. The van der Waals surface area contributed by atoms with Crippen molar-refractivity contribution in [3.63, 3.8) is 0 Å². The Morgan fingerprint density at radius 1 is 1.10 bits per heavy atom. The Hall–Kier alpha value is -1.00. The minimum atomic E-state index is -0.517. The molecule has 114 valence electrons. The van der Waals surface area contributed by atoms with Gasteiger partial charge in [0.2, 0.25) is 0 Å². The molecule has 4 heteroatoms. The van der Waals surface area contributed by atoms with Gasteiger partial charge in [-0.15, -0.1) is 0 Å². The van der Waals surface area contributed by atoms with Crippen LogP contribution in [0.2, 0.25) is 0 Å². The van der Waals surface area contributed by atoms with E-state index in [1.807, 2.05) is 7.05 Å². The van der Waals surface area contributed by atoms with Crippen LogP contribution < -0.4 is 5.32 Å². The second kappa shape index (κ2) is 9.03. The first kappa shape index (κ1) is 17.1. The van der Waals surface area contributed by atoms with E-state index >= 15 is 0 Å². The third kappa shape index (κ3) is 5.97. The van der Waals surface area contributed by atoms with Crippen LogP contribution in [0.5, 0.6) is 0 Å². The molecule has 0 bridgehead atoms. The summed E-state index contributed by atoms with van der Waals surface area (Å²) in [5.41, 5.74) is 0.673. The minimum absolute atomic E-state index is 0.0196. The maximum atomic E-state index is 13.3. The first-order chi connectivity index (χ1) is 9.56. The van der Waals surface area contributed by atoms with Crippen LogP contribution in [0, 0.1) is 11.6 Å². The van der Waals surface area contributed by atoms with Gasteiger partial charge in [0.05, 0.1) is 0 Å². The molecule has 0 aliphatic heterocycles. The van der Waals surface area contributed by atoms with Gasteiger partial charge in [-0.25, -0.2) is 8.78 Å². The minimum Gasteiger partial charge on any atom is -0.313 e. The lowest BCUT2D eigenvalue weighted by Gasteiger charge is -2.22. The van der Waals surface area contributed by atoms with E-state index in [0.717, 1.165) is 25.6 Å². The summed E-state index contributed by atoms with van der Waals surface area (Å²) in [6, 6.07) is 3.70. The summed E-state index contributed by atoms with van der Waals surface area (Å²) < 4.78 is 26.5. The summed E-state index contributed by atoms with van der Waals surface area (Å²) in [5, 5.41) is 3.14. The number of halogens is 2. The Labute approximate surface area is 121 Å². The van der Waals surface area contributed by atoms with Gasteiger partial charge in [-0.2, -0.15) is 0 Å². The molecule has 0 amide bonds. The molecule has 1 unspecified atom stereocenters. The highest BCUT2D eigenvalue weighted by atomic mass is 19.1. The van der Waals surface area contributed by atoms with Crippen molar-refractivity contribution in [2.24, 2.45) is 0 Å². The predicted molar refractivity (Wildman–Crippen MR) is 79.8 cm³/mol. The Morgan fingerprint density at radius 3 is 2.30 bits per heavy atom. The summed E-state index contributed by atoms with van der Waals surface area (Å²) in [6.07, 6.45) is 4.50. The number of rotatable bonds is 9. The molecule has 0 aliphatic rings. The average Bonchev–Trinajstić information content (AvgIpc) is 2.38. The van der Waals surface area contributed by atoms with Crippen LogP contribution in [0.25, 0.3) is 0 Å². The van der Waals surface area contributed by atoms with Crippen LogP contribution in [0.4, 0.5) is 8.78 Å². The molecule has 1 aromatic carbocycles. The number of unbranched alkanes of at least 4 members (excludes halogenated alkanes) is 2. The molecule has 1 N–H and O–H groups in total. The molecular formula is C16H26F2N2. The molecular weight excluding hydrogens is 258 g/mol. The van der Waals surface area contributed by atoms with Gasteiger partial charge >= 0.3 is 0 Å². The van der Waals surface area contributed by atoms with Crippen LogP contribution in [-0.4, -0.2) is 32.1 Å². The summed E-state index contributed by atoms with van der Waals surface area (Å²) in [7, 11) is 3.92. The highest BCUT2D eigenvalue weighted by Crippen LogP contribution is 2.19. The van der Waals surface area contributed by atoms with Crippen molar-refractivity contribution < 1.29 is 8.78 Å². The van der Waals surface area contributed by atoms with Crippen molar-refractivity contribution in [3.8, 4) is 0 Å². The van der Waals surface area contributed by atoms with Crippen LogP contribution in [0.1, 0.15) is 44.2 Å². The largest absolute Gasteiger partial charge is 0.313 e. The van der Waals surface area contributed by atoms with Crippen molar-refractivity contribution in [1.82, 2.24) is 10.2 Å². The van der Waals surface area contributed by atoms with Gasteiger partial charge < -0.3 is 10.2 Å². The Balaban J connectivity index is 2.50. The smallest absolute Gasteiger partial charge is 0.126 e. The quantitative estimate of drug-likeness (QED) is 0.695.